The number of sulfonamides is 2. The Hall–Kier alpha value is -1.58. The van der Waals surface area contributed by atoms with Gasteiger partial charge in [-0.3, -0.25) is 9.03 Å². The number of aryl methyl sites for hydroxylation is 1. The minimum absolute atomic E-state index is 0.0158. The van der Waals surface area contributed by atoms with Crippen LogP contribution in [0.2, 0.25) is 0 Å². The van der Waals surface area contributed by atoms with Gasteiger partial charge in [-0.25, -0.2) is 16.8 Å². The maximum atomic E-state index is 13.4. The first kappa shape index (κ1) is 22.7. The number of anilines is 2. The molecule has 0 saturated heterocycles. The van der Waals surface area contributed by atoms with Crippen LogP contribution in [0.5, 0.6) is 0 Å². The molecule has 0 bridgehead atoms. The Balaban J connectivity index is 2.54. The molecule has 0 unspecified atom stereocenters. The zero-order valence-electron chi connectivity index (χ0n) is 16.3. The van der Waals surface area contributed by atoms with E-state index < -0.39 is 20.0 Å². The van der Waals surface area contributed by atoms with Crippen LogP contribution in [-0.4, -0.2) is 29.6 Å². The Morgan fingerprint density at radius 1 is 1.04 bits per heavy atom. The molecule has 2 aromatic rings. The molecule has 0 atom stereocenters. The van der Waals surface area contributed by atoms with E-state index in [1.165, 1.54) is 22.5 Å². The van der Waals surface area contributed by atoms with Crippen LogP contribution in [0.15, 0.2) is 51.8 Å². The number of rotatable bonds is 8. The second-order valence-electron chi connectivity index (χ2n) is 6.97. The first-order chi connectivity index (χ1) is 12.9. The van der Waals surface area contributed by atoms with Gasteiger partial charge in [0.2, 0.25) is 10.0 Å². The van der Waals surface area contributed by atoms with Crippen LogP contribution in [0.3, 0.4) is 0 Å². The number of benzene rings is 2. The van der Waals surface area contributed by atoms with E-state index in [0.29, 0.717) is 16.7 Å². The highest BCUT2D eigenvalue weighted by Gasteiger charge is 2.26. The Bertz CT molecular complexity index is 1030. The lowest BCUT2D eigenvalue weighted by molar-refractivity contribution is 0.577. The highest BCUT2D eigenvalue weighted by molar-refractivity contribution is 9.10. The fourth-order valence-electron chi connectivity index (χ4n) is 2.64. The van der Waals surface area contributed by atoms with Crippen LogP contribution < -0.4 is 9.03 Å². The lowest BCUT2D eigenvalue weighted by Gasteiger charge is -2.27. The summed E-state index contributed by atoms with van der Waals surface area (Å²) in [5.74, 6) is 0.102. The molecule has 0 heterocycles. The summed E-state index contributed by atoms with van der Waals surface area (Å²) >= 11 is 3.25. The van der Waals surface area contributed by atoms with Crippen molar-refractivity contribution in [2.45, 2.75) is 32.1 Å². The molecule has 0 aliphatic rings. The van der Waals surface area contributed by atoms with Gasteiger partial charge in [0.15, 0.2) is 0 Å². The number of halogens is 1. The average molecular weight is 489 g/mol. The molecule has 154 valence electrons. The van der Waals surface area contributed by atoms with Gasteiger partial charge in [0, 0.05) is 11.0 Å². The van der Waals surface area contributed by atoms with E-state index in [9.17, 15) is 16.8 Å². The predicted molar refractivity (Wildman–Crippen MR) is 118 cm³/mol. The normalized spacial score (nSPS) is 12.2. The highest BCUT2D eigenvalue weighted by atomic mass is 79.9. The summed E-state index contributed by atoms with van der Waals surface area (Å²) in [6.45, 7) is 6.23. The topological polar surface area (TPSA) is 83.6 Å². The molecule has 0 spiro atoms. The van der Waals surface area contributed by atoms with E-state index >= 15 is 0 Å². The van der Waals surface area contributed by atoms with Crippen molar-refractivity contribution >= 4 is 47.4 Å². The summed E-state index contributed by atoms with van der Waals surface area (Å²) in [4.78, 5) is 0.0158. The molecule has 2 aromatic carbocycles. The summed E-state index contributed by atoms with van der Waals surface area (Å²) in [5.41, 5.74) is 1.87. The zero-order valence-corrected chi connectivity index (χ0v) is 19.5. The molecule has 2 rings (SSSR count). The lowest BCUT2D eigenvalue weighted by atomic mass is 10.1. The smallest absolute Gasteiger partial charge is 0.264 e. The van der Waals surface area contributed by atoms with Gasteiger partial charge in [0.05, 0.1) is 22.5 Å². The monoisotopic (exact) mass is 488 g/mol. The molecule has 0 radical (unpaired) electrons. The zero-order chi connectivity index (χ0) is 21.1. The Labute approximate surface area is 176 Å². The van der Waals surface area contributed by atoms with Gasteiger partial charge in [-0.15, -0.1) is 0 Å². The first-order valence-electron chi connectivity index (χ1n) is 8.83. The maximum Gasteiger partial charge on any atom is 0.264 e. The van der Waals surface area contributed by atoms with E-state index in [2.05, 4.69) is 20.7 Å². The van der Waals surface area contributed by atoms with Crippen LogP contribution >= 0.6 is 15.9 Å². The van der Waals surface area contributed by atoms with Crippen molar-refractivity contribution in [3.63, 3.8) is 0 Å². The van der Waals surface area contributed by atoms with Crippen LogP contribution in [0.25, 0.3) is 0 Å². The molecule has 6 nitrogen and oxygen atoms in total. The molecule has 0 fully saturated rings. The van der Waals surface area contributed by atoms with Gasteiger partial charge < -0.3 is 0 Å². The second kappa shape index (κ2) is 8.84. The third-order valence-corrected chi connectivity index (χ3v) is 7.06. The summed E-state index contributed by atoms with van der Waals surface area (Å²) in [6, 6.07) is 11.7. The molecule has 0 aliphatic carbocycles. The quantitative estimate of drug-likeness (QED) is 0.602. The molecule has 0 saturated carbocycles. The SMILES string of the molecule is CCc1ccc(N(CC(C)C)S(=O)(=O)c2ccc(Br)c(NS(C)(=O)=O)c2)cc1. The fraction of sp³-hybridized carbons (Fsp3) is 0.368. The predicted octanol–water partition coefficient (Wildman–Crippen LogP) is 4.23. The van der Waals surface area contributed by atoms with Gasteiger partial charge in [0.25, 0.3) is 10.0 Å². The van der Waals surface area contributed by atoms with Crippen LogP contribution in [0.1, 0.15) is 26.3 Å². The number of nitrogens with zero attached hydrogens (tertiary/aromatic N) is 1. The molecule has 0 aromatic heterocycles. The van der Waals surface area contributed by atoms with Crippen molar-refractivity contribution in [1.29, 1.82) is 0 Å². The molecule has 0 amide bonds. The van der Waals surface area contributed by atoms with Gasteiger partial charge in [-0.2, -0.15) is 0 Å². The molecule has 0 aliphatic heterocycles. The van der Waals surface area contributed by atoms with Crippen LogP contribution in [-0.2, 0) is 26.5 Å². The summed E-state index contributed by atoms with van der Waals surface area (Å²) in [6.07, 6.45) is 1.88. The number of hydrogen-bond donors (Lipinski definition) is 1. The van der Waals surface area contributed by atoms with Crippen molar-refractivity contribution in [1.82, 2.24) is 0 Å². The minimum atomic E-state index is -3.89. The second-order valence-corrected chi connectivity index (χ2v) is 11.4. The van der Waals surface area contributed by atoms with E-state index in [-0.39, 0.29) is 16.5 Å². The summed E-state index contributed by atoms with van der Waals surface area (Å²) < 4.78 is 54.1. The van der Waals surface area contributed by atoms with Crippen molar-refractivity contribution in [2.75, 3.05) is 21.8 Å². The van der Waals surface area contributed by atoms with Gasteiger partial charge in [-0.05, 0) is 64.2 Å². The molecular weight excluding hydrogens is 464 g/mol. The first-order valence-corrected chi connectivity index (χ1v) is 13.0. The Kier molecular flexibility index (Phi) is 7.17. The standard InChI is InChI=1S/C19H25BrN2O4S2/c1-5-15-6-8-16(9-7-15)22(13-14(2)3)28(25,26)17-10-11-18(20)19(12-17)21-27(4,23)24/h6-12,14,21H,5,13H2,1-4H3. The van der Waals surface area contributed by atoms with Gasteiger partial charge in [0.1, 0.15) is 0 Å². The van der Waals surface area contributed by atoms with E-state index in [1.54, 1.807) is 12.1 Å². The van der Waals surface area contributed by atoms with Crippen molar-refractivity contribution in [3.8, 4) is 0 Å². The maximum absolute atomic E-state index is 13.4. The highest BCUT2D eigenvalue weighted by Crippen LogP contribution is 2.30. The molecule has 28 heavy (non-hydrogen) atoms. The summed E-state index contributed by atoms with van der Waals surface area (Å²) in [5, 5.41) is 0. The van der Waals surface area contributed by atoms with Gasteiger partial charge >= 0.3 is 0 Å². The summed E-state index contributed by atoms with van der Waals surface area (Å²) in [7, 11) is -7.44. The van der Waals surface area contributed by atoms with Crippen LogP contribution in [0.4, 0.5) is 11.4 Å². The van der Waals surface area contributed by atoms with Gasteiger partial charge in [-0.1, -0.05) is 32.9 Å². The molecular formula is C19H25BrN2O4S2. The lowest BCUT2D eigenvalue weighted by Crippen LogP contribution is -2.34. The number of hydrogen-bond acceptors (Lipinski definition) is 4. The molecule has 9 heteroatoms. The van der Waals surface area contributed by atoms with E-state index in [1.807, 2.05) is 32.9 Å². The third-order valence-electron chi connectivity index (χ3n) is 3.98. The minimum Gasteiger partial charge on any atom is -0.283 e. The van der Waals surface area contributed by atoms with E-state index in [4.69, 9.17) is 0 Å². The van der Waals surface area contributed by atoms with Crippen molar-refractivity contribution < 1.29 is 16.8 Å². The van der Waals surface area contributed by atoms with Crippen LogP contribution in [0, 0.1) is 5.92 Å². The van der Waals surface area contributed by atoms with Crippen molar-refractivity contribution in [2.24, 2.45) is 5.92 Å². The largest absolute Gasteiger partial charge is 0.283 e. The number of nitrogens with one attached hydrogen (secondary N) is 1. The fourth-order valence-corrected chi connectivity index (χ4v) is 5.34. The van der Waals surface area contributed by atoms with Crippen molar-refractivity contribution in [3.05, 3.63) is 52.5 Å². The van der Waals surface area contributed by atoms with E-state index in [0.717, 1.165) is 18.2 Å². The average Bonchev–Trinajstić information content (AvgIpc) is 2.60. The Morgan fingerprint density at radius 2 is 1.64 bits per heavy atom. The third kappa shape index (κ3) is 5.71. The molecule has 1 N–H and O–H groups in total. The Morgan fingerprint density at radius 3 is 2.14 bits per heavy atom.